The van der Waals surface area contributed by atoms with Crippen LogP contribution in [0.2, 0.25) is 0 Å². The lowest BCUT2D eigenvalue weighted by Crippen LogP contribution is -2.53. The summed E-state index contributed by atoms with van der Waals surface area (Å²) < 4.78 is 0. The van der Waals surface area contributed by atoms with Crippen LogP contribution < -0.4 is 5.73 Å². The highest BCUT2D eigenvalue weighted by Crippen LogP contribution is 2.22. The summed E-state index contributed by atoms with van der Waals surface area (Å²) in [5.74, 6) is 0. The standard InChI is InChI=1S/C16H28N2/c1-5-14(2)18(4)16(3,13-17)12-11-15-9-7-6-8-10-15/h6-10,14H,5,11-13,17H2,1-4H3. The SMILES string of the molecule is CCC(C)N(C)C(C)(CN)CCc1ccccc1. The average Bonchev–Trinajstić information content (AvgIpc) is 2.44. The van der Waals surface area contributed by atoms with Crippen molar-refractivity contribution in [2.45, 2.75) is 51.6 Å². The van der Waals surface area contributed by atoms with Crippen molar-refractivity contribution in [2.24, 2.45) is 5.73 Å². The molecule has 102 valence electrons. The van der Waals surface area contributed by atoms with Crippen LogP contribution in [0.15, 0.2) is 30.3 Å². The number of hydrogen-bond donors (Lipinski definition) is 1. The molecule has 2 unspecified atom stereocenters. The molecule has 0 amide bonds. The minimum Gasteiger partial charge on any atom is -0.329 e. The first-order chi connectivity index (χ1) is 8.53. The summed E-state index contributed by atoms with van der Waals surface area (Å²) in [7, 11) is 2.20. The maximum atomic E-state index is 6.02. The van der Waals surface area contributed by atoms with Gasteiger partial charge in [-0.1, -0.05) is 37.3 Å². The van der Waals surface area contributed by atoms with E-state index in [1.807, 2.05) is 0 Å². The van der Waals surface area contributed by atoms with Crippen LogP contribution in [0.1, 0.15) is 39.2 Å². The number of nitrogens with zero attached hydrogens (tertiary/aromatic N) is 1. The van der Waals surface area contributed by atoms with E-state index in [4.69, 9.17) is 5.73 Å². The Kier molecular flexibility index (Phi) is 5.83. The van der Waals surface area contributed by atoms with Gasteiger partial charge in [-0.25, -0.2) is 0 Å². The molecule has 0 aromatic heterocycles. The Labute approximate surface area is 112 Å². The Morgan fingerprint density at radius 2 is 1.89 bits per heavy atom. The molecule has 1 rings (SSSR count). The summed E-state index contributed by atoms with van der Waals surface area (Å²) >= 11 is 0. The zero-order chi connectivity index (χ0) is 13.6. The second-order valence-electron chi connectivity index (χ2n) is 5.55. The van der Waals surface area contributed by atoms with E-state index in [9.17, 15) is 0 Å². The molecule has 2 N–H and O–H groups in total. The molecule has 0 spiro atoms. The molecule has 2 nitrogen and oxygen atoms in total. The molecule has 0 heterocycles. The maximum absolute atomic E-state index is 6.02. The van der Waals surface area contributed by atoms with Gasteiger partial charge >= 0.3 is 0 Å². The van der Waals surface area contributed by atoms with Gasteiger partial charge < -0.3 is 5.73 Å². The van der Waals surface area contributed by atoms with E-state index in [2.05, 4.69) is 63.1 Å². The quantitative estimate of drug-likeness (QED) is 0.803. The highest BCUT2D eigenvalue weighted by molar-refractivity contribution is 5.15. The lowest BCUT2D eigenvalue weighted by atomic mass is 9.90. The molecule has 0 fully saturated rings. The molecule has 1 aromatic rings. The molecule has 2 heteroatoms. The molecule has 2 atom stereocenters. The minimum absolute atomic E-state index is 0.0886. The Morgan fingerprint density at radius 3 is 2.39 bits per heavy atom. The third-order valence-corrected chi connectivity index (χ3v) is 4.34. The number of benzene rings is 1. The van der Waals surface area contributed by atoms with E-state index in [-0.39, 0.29) is 5.54 Å². The third-order valence-electron chi connectivity index (χ3n) is 4.34. The normalized spacial score (nSPS) is 16.6. The van der Waals surface area contributed by atoms with Gasteiger partial charge in [0.1, 0.15) is 0 Å². The van der Waals surface area contributed by atoms with Crippen molar-refractivity contribution in [2.75, 3.05) is 13.6 Å². The molecule has 0 aliphatic rings. The van der Waals surface area contributed by atoms with Crippen LogP contribution >= 0.6 is 0 Å². The average molecular weight is 248 g/mol. The van der Waals surface area contributed by atoms with E-state index < -0.39 is 0 Å². The molecule has 18 heavy (non-hydrogen) atoms. The van der Waals surface area contributed by atoms with Crippen LogP contribution in [-0.2, 0) is 6.42 Å². The Morgan fingerprint density at radius 1 is 1.28 bits per heavy atom. The number of nitrogens with two attached hydrogens (primary N) is 1. The van der Waals surface area contributed by atoms with Gasteiger partial charge in [0.25, 0.3) is 0 Å². The smallest absolute Gasteiger partial charge is 0.0306 e. The number of aryl methyl sites for hydroxylation is 1. The fraction of sp³-hybridized carbons (Fsp3) is 0.625. The van der Waals surface area contributed by atoms with Gasteiger partial charge in [-0.15, -0.1) is 0 Å². The van der Waals surface area contributed by atoms with E-state index in [0.717, 1.165) is 19.3 Å². The fourth-order valence-corrected chi connectivity index (χ4v) is 2.29. The highest BCUT2D eigenvalue weighted by atomic mass is 15.2. The van der Waals surface area contributed by atoms with E-state index in [1.165, 1.54) is 5.56 Å². The van der Waals surface area contributed by atoms with Gasteiger partial charge in [0.05, 0.1) is 0 Å². The van der Waals surface area contributed by atoms with E-state index in [1.54, 1.807) is 0 Å². The predicted octanol–water partition coefficient (Wildman–Crippen LogP) is 3.07. The summed E-state index contributed by atoms with van der Waals surface area (Å²) in [6.45, 7) is 7.49. The molecule has 0 aliphatic heterocycles. The molecule has 0 saturated carbocycles. The van der Waals surface area contributed by atoms with Gasteiger partial charge in [-0.3, -0.25) is 4.90 Å². The summed E-state index contributed by atoms with van der Waals surface area (Å²) in [6, 6.07) is 11.2. The summed E-state index contributed by atoms with van der Waals surface area (Å²) in [5.41, 5.74) is 7.51. The second kappa shape index (κ2) is 6.91. The highest BCUT2D eigenvalue weighted by Gasteiger charge is 2.29. The van der Waals surface area contributed by atoms with Gasteiger partial charge in [-0.05, 0) is 45.7 Å². The Balaban J connectivity index is 2.65. The zero-order valence-electron chi connectivity index (χ0n) is 12.3. The van der Waals surface area contributed by atoms with E-state index in [0.29, 0.717) is 12.6 Å². The first kappa shape index (κ1) is 15.2. The number of rotatable bonds is 7. The topological polar surface area (TPSA) is 29.3 Å². The van der Waals surface area contributed by atoms with Crippen LogP contribution in [0.5, 0.6) is 0 Å². The monoisotopic (exact) mass is 248 g/mol. The summed E-state index contributed by atoms with van der Waals surface area (Å²) in [4.78, 5) is 2.44. The van der Waals surface area contributed by atoms with Crippen LogP contribution in [0.25, 0.3) is 0 Å². The Hall–Kier alpha value is -0.860. The molecule has 0 radical (unpaired) electrons. The van der Waals surface area contributed by atoms with Crippen molar-refractivity contribution in [3.8, 4) is 0 Å². The van der Waals surface area contributed by atoms with Gasteiger partial charge in [0, 0.05) is 18.1 Å². The molecule has 0 aliphatic carbocycles. The summed E-state index contributed by atoms with van der Waals surface area (Å²) in [6.07, 6.45) is 3.36. The molecule has 0 saturated heterocycles. The molecule has 1 aromatic carbocycles. The van der Waals surface area contributed by atoms with Crippen molar-refractivity contribution in [3.63, 3.8) is 0 Å². The molecular formula is C16H28N2. The van der Waals surface area contributed by atoms with Crippen molar-refractivity contribution >= 4 is 0 Å². The lowest BCUT2D eigenvalue weighted by molar-refractivity contribution is 0.0901. The van der Waals surface area contributed by atoms with Gasteiger partial charge in [0.2, 0.25) is 0 Å². The molecule has 0 bridgehead atoms. The molecular weight excluding hydrogens is 220 g/mol. The van der Waals surface area contributed by atoms with Crippen LogP contribution in [-0.4, -0.2) is 30.1 Å². The zero-order valence-corrected chi connectivity index (χ0v) is 12.3. The number of hydrogen-bond acceptors (Lipinski definition) is 2. The second-order valence-corrected chi connectivity index (χ2v) is 5.55. The van der Waals surface area contributed by atoms with Crippen molar-refractivity contribution in [3.05, 3.63) is 35.9 Å². The first-order valence-corrected chi connectivity index (χ1v) is 7.00. The van der Waals surface area contributed by atoms with Crippen LogP contribution in [0, 0.1) is 0 Å². The maximum Gasteiger partial charge on any atom is 0.0306 e. The Bertz CT molecular complexity index is 336. The largest absolute Gasteiger partial charge is 0.329 e. The van der Waals surface area contributed by atoms with Crippen molar-refractivity contribution in [1.82, 2.24) is 4.90 Å². The third kappa shape index (κ3) is 3.82. The van der Waals surface area contributed by atoms with Crippen molar-refractivity contribution in [1.29, 1.82) is 0 Å². The fourth-order valence-electron chi connectivity index (χ4n) is 2.29. The number of likely N-dealkylation sites (N-methyl/N-ethyl adjacent to an activating group) is 1. The first-order valence-electron chi connectivity index (χ1n) is 7.00. The minimum atomic E-state index is 0.0886. The van der Waals surface area contributed by atoms with Crippen LogP contribution in [0.4, 0.5) is 0 Å². The van der Waals surface area contributed by atoms with Crippen molar-refractivity contribution < 1.29 is 0 Å². The predicted molar refractivity (Wildman–Crippen MR) is 79.7 cm³/mol. The van der Waals surface area contributed by atoms with E-state index >= 15 is 0 Å². The van der Waals surface area contributed by atoms with Crippen LogP contribution in [0.3, 0.4) is 0 Å². The summed E-state index contributed by atoms with van der Waals surface area (Å²) in [5, 5.41) is 0. The van der Waals surface area contributed by atoms with Gasteiger partial charge in [0.15, 0.2) is 0 Å². The van der Waals surface area contributed by atoms with Gasteiger partial charge in [-0.2, -0.15) is 0 Å². The lowest BCUT2D eigenvalue weighted by Gasteiger charge is -2.42.